The van der Waals surface area contributed by atoms with E-state index in [0.717, 1.165) is 28.8 Å². The second-order valence-electron chi connectivity index (χ2n) is 8.84. The van der Waals surface area contributed by atoms with Gasteiger partial charge in [-0.2, -0.15) is 0 Å². The topological polar surface area (TPSA) is 79.4 Å². The molecule has 0 N–H and O–H groups in total. The lowest BCUT2D eigenvalue weighted by Crippen LogP contribution is -2.51. The van der Waals surface area contributed by atoms with Crippen LogP contribution in [-0.2, 0) is 9.59 Å². The lowest BCUT2D eigenvalue weighted by Gasteiger charge is -2.36. The number of hydrogen-bond acceptors (Lipinski definition) is 7. The number of amides is 3. The first-order valence-electron chi connectivity index (χ1n) is 12.2. The van der Waals surface area contributed by atoms with E-state index in [1.807, 2.05) is 50.2 Å². The molecule has 1 atom stereocenters. The molecule has 2 aromatic carbocycles. The monoisotopic (exact) mass is 587 g/mol. The number of imide groups is 1. The molecule has 2 fully saturated rings. The molecule has 2 saturated heterocycles. The maximum Gasteiger partial charge on any atom is 0.294 e. The van der Waals surface area contributed by atoms with Crippen molar-refractivity contribution in [2.45, 2.75) is 26.4 Å². The van der Waals surface area contributed by atoms with Crippen LogP contribution in [0.2, 0.25) is 0 Å². The number of benzene rings is 2. The number of para-hydroxylation sites is 1. The van der Waals surface area contributed by atoms with Crippen molar-refractivity contribution >= 4 is 56.5 Å². The number of methoxy groups -OCH3 is 1. The maximum absolute atomic E-state index is 13.0. The summed E-state index contributed by atoms with van der Waals surface area (Å²) in [6.45, 7) is 6.22. The zero-order chi connectivity index (χ0) is 26.5. The van der Waals surface area contributed by atoms with Gasteiger partial charge >= 0.3 is 0 Å². The summed E-state index contributed by atoms with van der Waals surface area (Å²) in [5.41, 5.74) is 1.79. The number of hydrogen-bond donors (Lipinski definition) is 0. The summed E-state index contributed by atoms with van der Waals surface area (Å²) in [5, 5.41) is -0.449. The van der Waals surface area contributed by atoms with Gasteiger partial charge in [-0.15, -0.1) is 0 Å². The minimum Gasteiger partial charge on any atom is -0.493 e. The second kappa shape index (κ2) is 12.0. The molecule has 2 aromatic rings. The lowest BCUT2D eigenvalue weighted by molar-refractivity contribution is -0.136. The molecule has 0 aliphatic carbocycles. The first-order chi connectivity index (χ1) is 17.8. The molecule has 0 unspecified atom stereocenters. The highest BCUT2D eigenvalue weighted by Crippen LogP contribution is 2.39. The summed E-state index contributed by atoms with van der Waals surface area (Å²) in [6.07, 6.45) is 2.48. The Morgan fingerprint density at radius 2 is 1.84 bits per heavy atom. The van der Waals surface area contributed by atoms with Crippen LogP contribution < -0.4 is 14.4 Å². The van der Waals surface area contributed by atoms with E-state index in [2.05, 4.69) is 20.8 Å². The summed E-state index contributed by atoms with van der Waals surface area (Å²) in [5.74, 6) is 0.401. The van der Waals surface area contributed by atoms with E-state index in [-0.39, 0.29) is 23.5 Å². The number of thioether (sulfide) groups is 1. The quantitative estimate of drug-likeness (QED) is 0.401. The molecule has 0 spiro atoms. The predicted molar refractivity (Wildman–Crippen MR) is 149 cm³/mol. The fourth-order valence-corrected chi connectivity index (χ4v) is 5.49. The molecule has 0 saturated carbocycles. The molecule has 2 heterocycles. The van der Waals surface area contributed by atoms with Crippen LogP contribution in [-0.4, -0.2) is 72.8 Å². The Bertz CT molecular complexity index is 1200. The van der Waals surface area contributed by atoms with Gasteiger partial charge in [0.05, 0.1) is 22.6 Å². The fourth-order valence-electron chi connectivity index (χ4n) is 4.10. The number of ether oxygens (including phenoxy) is 2. The van der Waals surface area contributed by atoms with Gasteiger partial charge in [0, 0.05) is 31.9 Å². The van der Waals surface area contributed by atoms with Crippen LogP contribution in [0.25, 0.3) is 6.08 Å². The first kappa shape index (κ1) is 27.1. The Labute approximate surface area is 229 Å². The van der Waals surface area contributed by atoms with Crippen molar-refractivity contribution in [1.29, 1.82) is 0 Å². The van der Waals surface area contributed by atoms with Gasteiger partial charge in [-0.25, -0.2) is 0 Å². The van der Waals surface area contributed by atoms with E-state index in [1.165, 1.54) is 0 Å². The fraction of sp³-hybridized carbons (Fsp3) is 0.370. The Morgan fingerprint density at radius 3 is 2.49 bits per heavy atom. The highest BCUT2D eigenvalue weighted by atomic mass is 79.9. The largest absolute Gasteiger partial charge is 0.493 e. The molecule has 2 aliphatic rings. The number of nitrogens with zero attached hydrogens (tertiary/aromatic N) is 3. The van der Waals surface area contributed by atoms with E-state index >= 15 is 0 Å². The van der Waals surface area contributed by atoms with Crippen LogP contribution in [0.5, 0.6) is 11.5 Å². The molecule has 4 rings (SSSR count). The zero-order valence-electron chi connectivity index (χ0n) is 21.1. The van der Waals surface area contributed by atoms with Gasteiger partial charge in [-0.3, -0.25) is 19.3 Å². The van der Waals surface area contributed by atoms with Gasteiger partial charge in [0.1, 0.15) is 6.54 Å². The third kappa shape index (κ3) is 6.30. The third-order valence-corrected chi connectivity index (χ3v) is 7.86. The summed E-state index contributed by atoms with van der Waals surface area (Å²) >= 11 is 4.36. The van der Waals surface area contributed by atoms with Crippen molar-refractivity contribution in [3.63, 3.8) is 0 Å². The number of anilines is 1. The first-order valence-corrected chi connectivity index (χ1v) is 13.8. The minimum absolute atomic E-state index is 0.00593. The average molecular weight is 589 g/mol. The molecule has 37 heavy (non-hydrogen) atoms. The maximum atomic E-state index is 13.0. The van der Waals surface area contributed by atoms with E-state index in [1.54, 1.807) is 24.2 Å². The van der Waals surface area contributed by atoms with E-state index in [9.17, 15) is 14.4 Å². The van der Waals surface area contributed by atoms with Crippen molar-refractivity contribution in [3.05, 3.63) is 57.4 Å². The van der Waals surface area contributed by atoms with E-state index < -0.39 is 11.1 Å². The molecule has 0 radical (unpaired) electrons. The molecular weight excluding hydrogens is 558 g/mol. The standard InChI is InChI=1S/C27H30BrN3O5S/c1-4-18(2)36-25-21(28)14-19(15-22(25)35-3)16-23-26(33)31(27(34)37-23)17-24(32)30-12-10-29(11-13-30)20-8-6-5-7-9-20/h5-9,14-16,18H,4,10-13,17H2,1-3H3/b23-16+/t18-/m1/s1. The van der Waals surface area contributed by atoms with Crippen LogP contribution in [0.1, 0.15) is 25.8 Å². The van der Waals surface area contributed by atoms with Crippen molar-refractivity contribution < 1.29 is 23.9 Å². The van der Waals surface area contributed by atoms with Crippen LogP contribution in [0, 0.1) is 0 Å². The Balaban J connectivity index is 1.41. The number of carbonyl (C=O) groups excluding carboxylic acids is 3. The molecule has 10 heteroatoms. The normalized spacial score (nSPS) is 17.9. The number of piperazine rings is 1. The Morgan fingerprint density at radius 1 is 1.14 bits per heavy atom. The van der Waals surface area contributed by atoms with Crippen molar-refractivity contribution in [2.24, 2.45) is 0 Å². The number of halogens is 1. The molecule has 196 valence electrons. The number of rotatable bonds is 8. The van der Waals surface area contributed by atoms with Gasteiger partial charge in [0.2, 0.25) is 5.91 Å². The molecule has 2 aliphatic heterocycles. The second-order valence-corrected chi connectivity index (χ2v) is 10.7. The zero-order valence-corrected chi connectivity index (χ0v) is 23.5. The molecule has 0 bridgehead atoms. The van der Waals surface area contributed by atoms with Crippen molar-refractivity contribution in [1.82, 2.24) is 9.80 Å². The Kier molecular flexibility index (Phi) is 8.81. The summed E-state index contributed by atoms with van der Waals surface area (Å²) in [4.78, 5) is 43.8. The van der Waals surface area contributed by atoms with E-state index in [0.29, 0.717) is 47.7 Å². The summed E-state index contributed by atoms with van der Waals surface area (Å²) in [6, 6.07) is 13.6. The smallest absolute Gasteiger partial charge is 0.294 e. The minimum atomic E-state index is -0.471. The van der Waals surface area contributed by atoms with Gasteiger partial charge in [-0.1, -0.05) is 25.1 Å². The highest BCUT2D eigenvalue weighted by molar-refractivity contribution is 9.10. The lowest BCUT2D eigenvalue weighted by atomic mass is 10.1. The van der Waals surface area contributed by atoms with Crippen LogP contribution in [0.15, 0.2) is 51.8 Å². The van der Waals surface area contributed by atoms with Crippen LogP contribution >= 0.6 is 27.7 Å². The molecular formula is C27H30BrN3O5S. The molecule has 8 nitrogen and oxygen atoms in total. The molecule has 3 amide bonds. The predicted octanol–water partition coefficient (Wildman–Crippen LogP) is 5.02. The number of carbonyl (C=O) groups is 3. The van der Waals surface area contributed by atoms with Gasteiger partial charge in [-0.05, 0) is 76.9 Å². The van der Waals surface area contributed by atoms with Crippen molar-refractivity contribution in [3.8, 4) is 11.5 Å². The summed E-state index contributed by atoms with van der Waals surface area (Å²) < 4.78 is 12.1. The SMILES string of the molecule is CC[C@@H](C)Oc1c(Br)cc(/C=C2/SC(=O)N(CC(=O)N3CCN(c4ccccc4)CC3)C2=O)cc1OC. The van der Waals surface area contributed by atoms with Crippen molar-refractivity contribution in [2.75, 3.05) is 44.7 Å². The third-order valence-electron chi connectivity index (χ3n) is 6.36. The van der Waals surface area contributed by atoms with Crippen LogP contribution in [0.3, 0.4) is 0 Å². The summed E-state index contributed by atoms with van der Waals surface area (Å²) in [7, 11) is 1.55. The highest BCUT2D eigenvalue weighted by Gasteiger charge is 2.37. The van der Waals surface area contributed by atoms with Gasteiger partial charge in [0.15, 0.2) is 11.5 Å². The van der Waals surface area contributed by atoms with E-state index in [4.69, 9.17) is 9.47 Å². The van der Waals surface area contributed by atoms with Gasteiger partial charge in [0.25, 0.3) is 11.1 Å². The Hall–Kier alpha value is -2.98. The molecule has 0 aromatic heterocycles. The average Bonchev–Trinajstić information content (AvgIpc) is 3.17. The van der Waals surface area contributed by atoms with Gasteiger partial charge < -0.3 is 19.3 Å². The van der Waals surface area contributed by atoms with Crippen LogP contribution in [0.4, 0.5) is 10.5 Å².